The first-order chi connectivity index (χ1) is 12.6. The lowest BCUT2D eigenvalue weighted by atomic mass is 9.92. The molecule has 0 aromatic heterocycles. The molecule has 5 nitrogen and oxygen atoms in total. The largest absolute Gasteiger partial charge is 0.447 e. The van der Waals surface area contributed by atoms with Gasteiger partial charge in [0.2, 0.25) is 0 Å². The highest BCUT2D eigenvalue weighted by atomic mass is 79.9. The summed E-state index contributed by atoms with van der Waals surface area (Å²) < 4.78 is 32.7. The Morgan fingerprint density at radius 3 is 2.11 bits per heavy atom. The third-order valence-electron chi connectivity index (χ3n) is 4.75. The summed E-state index contributed by atoms with van der Waals surface area (Å²) in [5.41, 5.74) is 4.75. The van der Waals surface area contributed by atoms with Crippen LogP contribution in [-0.2, 0) is 14.8 Å². The molecule has 27 heavy (non-hydrogen) atoms. The van der Waals surface area contributed by atoms with Crippen LogP contribution in [0.1, 0.15) is 33.9 Å². The van der Waals surface area contributed by atoms with Crippen molar-refractivity contribution in [2.45, 2.75) is 43.5 Å². The molecule has 0 aliphatic carbocycles. The Morgan fingerprint density at radius 1 is 1.00 bits per heavy atom. The topological polar surface area (TPSA) is 63.7 Å². The molecule has 1 amide bonds. The molecule has 1 saturated heterocycles. The second kappa shape index (κ2) is 7.28. The van der Waals surface area contributed by atoms with Gasteiger partial charge in [-0.25, -0.2) is 13.2 Å². The second-order valence-electron chi connectivity index (χ2n) is 6.96. The predicted octanol–water partition coefficient (Wildman–Crippen LogP) is 4.57. The molecule has 2 atom stereocenters. The van der Waals surface area contributed by atoms with Crippen LogP contribution < -0.4 is 0 Å². The van der Waals surface area contributed by atoms with Gasteiger partial charge in [-0.05, 0) is 56.5 Å². The highest BCUT2D eigenvalue weighted by Gasteiger charge is 2.46. The van der Waals surface area contributed by atoms with Crippen LogP contribution in [0.15, 0.2) is 41.3 Å². The van der Waals surface area contributed by atoms with E-state index in [0.29, 0.717) is 0 Å². The fourth-order valence-corrected chi connectivity index (χ4v) is 5.89. The first kappa shape index (κ1) is 19.9. The van der Waals surface area contributed by atoms with Gasteiger partial charge in [-0.2, -0.15) is 4.31 Å². The number of carbonyl (C=O) groups is 1. The number of cyclic esters (lactones) is 1. The molecule has 0 bridgehead atoms. The fraction of sp³-hybridized carbons (Fsp3) is 0.350. The van der Waals surface area contributed by atoms with E-state index in [2.05, 4.69) is 15.9 Å². The van der Waals surface area contributed by atoms with Gasteiger partial charge < -0.3 is 4.74 Å². The maximum absolute atomic E-state index is 13.3. The van der Waals surface area contributed by atoms with Crippen molar-refractivity contribution in [3.8, 4) is 0 Å². The molecule has 1 heterocycles. The van der Waals surface area contributed by atoms with Gasteiger partial charge in [0.25, 0.3) is 10.0 Å². The van der Waals surface area contributed by atoms with E-state index in [0.717, 1.165) is 32.1 Å². The molecule has 2 aromatic carbocycles. The number of hydrogen-bond acceptors (Lipinski definition) is 4. The molecular formula is C20H22BrNO4S. The molecule has 0 spiro atoms. The van der Waals surface area contributed by atoms with Crippen molar-refractivity contribution in [3.63, 3.8) is 0 Å². The van der Waals surface area contributed by atoms with E-state index in [1.165, 1.54) is 12.1 Å². The number of hydrogen-bond donors (Lipinski definition) is 0. The monoisotopic (exact) mass is 451 g/mol. The number of amides is 1. The van der Waals surface area contributed by atoms with Gasteiger partial charge in [0.15, 0.2) is 0 Å². The first-order valence-corrected chi connectivity index (χ1v) is 11.0. The van der Waals surface area contributed by atoms with Gasteiger partial charge >= 0.3 is 6.09 Å². The average Bonchev–Trinajstić information content (AvgIpc) is 2.57. The summed E-state index contributed by atoms with van der Waals surface area (Å²) in [4.78, 5) is 12.3. The van der Waals surface area contributed by atoms with Crippen LogP contribution in [0.2, 0.25) is 0 Å². The van der Waals surface area contributed by atoms with E-state index in [1.807, 2.05) is 39.8 Å². The van der Waals surface area contributed by atoms with Gasteiger partial charge in [0.1, 0.15) is 6.61 Å². The number of halogens is 1. The molecule has 3 rings (SSSR count). The summed E-state index contributed by atoms with van der Waals surface area (Å²) >= 11 is 3.54. The summed E-state index contributed by atoms with van der Waals surface area (Å²) in [6.45, 7) is 7.85. The molecule has 0 radical (unpaired) electrons. The van der Waals surface area contributed by atoms with E-state index in [1.54, 1.807) is 12.1 Å². The number of rotatable bonds is 3. The Balaban J connectivity index is 2.19. The zero-order chi connectivity index (χ0) is 19.9. The SMILES string of the molecule is Cc1ccc(S(=O)(=O)N2C(=O)OC[C@H](Br)[C@H]2c2c(C)cc(C)cc2C)cc1. The Bertz CT molecular complexity index is 963. The minimum atomic E-state index is -4.07. The molecule has 0 unspecified atom stereocenters. The van der Waals surface area contributed by atoms with Crippen LogP contribution in [-0.4, -0.2) is 30.3 Å². The van der Waals surface area contributed by atoms with Gasteiger partial charge in [0, 0.05) is 0 Å². The van der Waals surface area contributed by atoms with Gasteiger partial charge in [-0.1, -0.05) is 51.3 Å². The van der Waals surface area contributed by atoms with E-state index < -0.39 is 22.2 Å². The second-order valence-corrected chi connectivity index (χ2v) is 9.96. The van der Waals surface area contributed by atoms with Crippen molar-refractivity contribution in [3.05, 3.63) is 64.2 Å². The Morgan fingerprint density at radius 2 is 1.56 bits per heavy atom. The Kier molecular flexibility index (Phi) is 5.36. The van der Waals surface area contributed by atoms with Crippen molar-refractivity contribution in [2.75, 3.05) is 6.61 Å². The lowest BCUT2D eigenvalue weighted by Gasteiger charge is -2.38. The summed E-state index contributed by atoms with van der Waals surface area (Å²) in [7, 11) is -4.07. The van der Waals surface area contributed by atoms with Crippen molar-refractivity contribution in [1.29, 1.82) is 0 Å². The summed E-state index contributed by atoms with van der Waals surface area (Å²) in [6, 6.07) is 9.77. The van der Waals surface area contributed by atoms with Crippen molar-refractivity contribution in [1.82, 2.24) is 4.31 Å². The zero-order valence-electron chi connectivity index (χ0n) is 15.7. The van der Waals surface area contributed by atoms with E-state index in [-0.39, 0.29) is 16.3 Å². The van der Waals surface area contributed by atoms with Gasteiger partial charge in [0.05, 0.1) is 15.8 Å². The van der Waals surface area contributed by atoms with Gasteiger partial charge in [-0.3, -0.25) is 0 Å². The van der Waals surface area contributed by atoms with Crippen molar-refractivity contribution >= 4 is 32.0 Å². The molecule has 2 aromatic rings. The van der Waals surface area contributed by atoms with Gasteiger partial charge in [-0.15, -0.1) is 0 Å². The molecule has 7 heteroatoms. The van der Waals surface area contributed by atoms with Crippen molar-refractivity contribution in [2.24, 2.45) is 0 Å². The third kappa shape index (κ3) is 3.62. The highest BCUT2D eigenvalue weighted by molar-refractivity contribution is 9.09. The number of aryl methyl sites for hydroxylation is 4. The van der Waals surface area contributed by atoms with Crippen LogP contribution in [0.5, 0.6) is 0 Å². The standard InChI is InChI=1S/C20H22BrNO4S/c1-12-5-7-16(8-6-12)27(24,25)22-19(17(21)11-26-20(22)23)18-14(3)9-13(2)10-15(18)4/h5-10,17,19H,11H2,1-4H3/t17-,19-/m0/s1. The minimum Gasteiger partial charge on any atom is -0.447 e. The maximum atomic E-state index is 13.3. The maximum Gasteiger partial charge on any atom is 0.424 e. The molecule has 0 saturated carbocycles. The lowest BCUT2D eigenvalue weighted by Crippen LogP contribution is -2.49. The van der Waals surface area contributed by atoms with E-state index in [9.17, 15) is 13.2 Å². The molecule has 0 N–H and O–H groups in total. The number of alkyl halides is 1. The summed E-state index contributed by atoms with van der Waals surface area (Å²) in [5.74, 6) is 0. The Hall–Kier alpha value is -1.86. The number of nitrogens with zero attached hydrogens (tertiary/aromatic N) is 1. The Labute approximate surface area is 168 Å². The van der Waals surface area contributed by atoms with Crippen LogP contribution in [0, 0.1) is 27.7 Å². The molecule has 144 valence electrons. The quantitative estimate of drug-likeness (QED) is 0.641. The zero-order valence-corrected chi connectivity index (χ0v) is 18.1. The van der Waals surface area contributed by atoms with Crippen LogP contribution in [0.3, 0.4) is 0 Å². The summed E-state index contributed by atoms with van der Waals surface area (Å²) in [6.07, 6.45) is -0.851. The van der Waals surface area contributed by atoms with Crippen LogP contribution in [0.25, 0.3) is 0 Å². The normalized spacial score (nSPS) is 20.5. The number of ether oxygens (including phenoxy) is 1. The minimum absolute atomic E-state index is 0.0686. The van der Waals surface area contributed by atoms with Crippen LogP contribution >= 0.6 is 15.9 Å². The third-order valence-corrected chi connectivity index (χ3v) is 7.28. The predicted molar refractivity (Wildman–Crippen MR) is 108 cm³/mol. The smallest absolute Gasteiger partial charge is 0.424 e. The fourth-order valence-electron chi connectivity index (χ4n) is 3.59. The molecule has 1 aliphatic heterocycles. The van der Waals surface area contributed by atoms with E-state index in [4.69, 9.17) is 4.74 Å². The number of sulfonamides is 1. The highest BCUT2D eigenvalue weighted by Crippen LogP contribution is 2.40. The first-order valence-electron chi connectivity index (χ1n) is 8.62. The van der Waals surface area contributed by atoms with Crippen molar-refractivity contribution < 1.29 is 17.9 Å². The number of benzene rings is 2. The lowest BCUT2D eigenvalue weighted by molar-refractivity contribution is 0.0837. The molecule has 1 aliphatic rings. The average molecular weight is 452 g/mol. The van der Waals surface area contributed by atoms with E-state index >= 15 is 0 Å². The number of carbonyl (C=O) groups excluding carboxylic acids is 1. The van der Waals surface area contributed by atoms with Crippen LogP contribution in [0.4, 0.5) is 4.79 Å². The summed E-state index contributed by atoms with van der Waals surface area (Å²) in [5, 5.41) is 0. The molecular weight excluding hydrogens is 430 g/mol. The molecule has 1 fully saturated rings.